The van der Waals surface area contributed by atoms with Crippen LogP contribution >= 0.6 is 23.2 Å². The highest BCUT2D eigenvalue weighted by molar-refractivity contribution is 6.35. The Hall–Kier alpha value is -2.30. The van der Waals surface area contributed by atoms with E-state index in [0.29, 0.717) is 33.9 Å². The van der Waals surface area contributed by atoms with Gasteiger partial charge in [0.1, 0.15) is 0 Å². The molecule has 0 spiro atoms. The average Bonchev–Trinajstić information content (AvgIpc) is 3.41. The molecule has 1 aliphatic heterocycles. The van der Waals surface area contributed by atoms with Crippen molar-refractivity contribution < 1.29 is 4.79 Å². The minimum atomic E-state index is 0.000547. The van der Waals surface area contributed by atoms with Gasteiger partial charge in [0, 0.05) is 32.6 Å². The summed E-state index contributed by atoms with van der Waals surface area (Å²) in [6, 6.07) is 11.4. The van der Waals surface area contributed by atoms with Crippen LogP contribution in [0.4, 0.5) is 5.69 Å². The Morgan fingerprint density at radius 2 is 1.92 bits per heavy atom. The van der Waals surface area contributed by atoms with E-state index in [0.717, 1.165) is 40.6 Å². The monoisotopic (exact) mass is 383 g/mol. The smallest absolute Gasteiger partial charge is 0.258 e. The maximum Gasteiger partial charge on any atom is 0.258 e. The molecule has 1 aliphatic carbocycles. The lowest BCUT2D eigenvalue weighted by molar-refractivity contribution is 0.0767. The fourth-order valence-corrected chi connectivity index (χ4v) is 4.09. The Bertz CT molecular complexity index is 1090. The molecule has 0 saturated heterocycles. The average molecular weight is 384 g/mol. The normalized spacial score (nSPS) is 16.4. The van der Waals surface area contributed by atoms with Gasteiger partial charge in [0.15, 0.2) is 0 Å². The summed E-state index contributed by atoms with van der Waals surface area (Å²) in [6.45, 7) is 0.524. The number of benzene rings is 2. The Morgan fingerprint density at radius 1 is 1.12 bits per heavy atom. The van der Waals surface area contributed by atoms with Crippen molar-refractivity contribution in [2.75, 3.05) is 5.73 Å². The zero-order valence-corrected chi connectivity index (χ0v) is 15.3. The first-order valence-corrected chi connectivity index (χ1v) is 9.27. The summed E-state index contributed by atoms with van der Waals surface area (Å²) in [7, 11) is 0. The number of hydrogen-bond donors (Lipinski definition) is 1. The molecule has 130 valence electrons. The number of anilines is 1. The second-order valence-electron chi connectivity index (χ2n) is 6.84. The zero-order chi connectivity index (χ0) is 18.0. The maximum absolute atomic E-state index is 12.8. The van der Waals surface area contributed by atoms with E-state index in [1.807, 2.05) is 29.2 Å². The number of amides is 1. The van der Waals surface area contributed by atoms with E-state index < -0.39 is 0 Å². The van der Waals surface area contributed by atoms with Crippen LogP contribution in [0.5, 0.6) is 0 Å². The van der Waals surface area contributed by atoms with E-state index in [2.05, 4.69) is 0 Å². The predicted molar refractivity (Wildman–Crippen MR) is 105 cm³/mol. The summed E-state index contributed by atoms with van der Waals surface area (Å²) in [5.41, 5.74) is 10.6. The number of aromatic nitrogens is 1. The molecule has 3 aromatic rings. The molecule has 0 radical (unpaired) electrons. The number of fused-ring (bicyclic) bond motifs is 2. The van der Waals surface area contributed by atoms with E-state index in [1.54, 1.807) is 12.1 Å². The highest BCUT2D eigenvalue weighted by Crippen LogP contribution is 2.41. The quantitative estimate of drug-likeness (QED) is 0.683. The van der Waals surface area contributed by atoms with E-state index in [4.69, 9.17) is 33.9 Å². The molecule has 5 rings (SSSR count). The summed E-state index contributed by atoms with van der Waals surface area (Å²) in [5, 5.41) is 1.97. The van der Waals surface area contributed by atoms with Gasteiger partial charge in [-0.1, -0.05) is 41.4 Å². The topological polar surface area (TPSA) is 59.2 Å². The number of pyridine rings is 1. The molecule has 2 N–H and O–H groups in total. The van der Waals surface area contributed by atoms with Gasteiger partial charge >= 0.3 is 0 Å². The number of hydrogen-bond acceptors (Lipinski definition) is 3. The summed E-state index contributed by atoms with van der Waals surface area (Å²) in [5.74, 6) is 0.000547. The van der Waals surface area contributed by atoms with Gasteiger partial charge in [-0.3, -0.25) is 4.79 Å². The molecule has 0 unspecified atom stereocenters. The molecule has 1 amide bonds. The molecule has 2 aliphatic rings. The molecule has 1 saturated carbocycles. The first-order valence-electron chi connectivity index (χ1n) is 8.52. The Balaban J connectivity index is 1.76. The van der Waals surface area contributed by atoms with Crippen molar-refractivity contribution in [3.63, 3.8) is 0 Å². The van der Waals surface area contributed by atoms with E-state index in [1.165, 1.54) is 0 Å². The minimum Gasteiger partial charge on any atom is -0.397 e. The van der Waals surface area contributed by atoms with Crippen molar-refractivity contribution in [2.24, 2.45) is 0 Å². The lowest BCUT2D eigenvalue weighted by atomic mass is 9.99. The molecule has 1 fully saturated rings. The van der Waals surface area contributed by atoms with Crippen LogP contribution in [0, 0.1) is 0 Å². The highest BCUT2D eigenvalue weighted by Gasteiger charge is 2.40. The number of nitrogen functional groups attached to an aromatic ring is 1. The summed E-state index contributed by atoms with van der Waals surface area (Å²) < 4.78 is 0. The van der Waals surface area contributed by atoms with Crippen LogP contribution in [0.15, 0.2) is 36.4 Å². The largest absolute Gasteiger partial charge is 0.397 e. The number of carbonyl (C=O) groups is 1. The zero-order valence-electron chi connectivity index (χ0n) is 13.8. The van der Waals surface area contributed by atoms with Gasteiger partial charge in [-0.2, -0.15) is 0 Å². The molecule has 4 nitrogen and oxygen atoms in total. The van der Waals surface area contributed by atoms with E-state index >= 15 is 0 Å². The number of para-hydroxylation sites is 1. The van der Waals surface area contributed by atoms with Crippen molar-refractivity contribution in [3.8, 4) is 11.1 Å². The van der Waals surface area contributed by atoms with Crippen molar-refractivity contribution in [1.82, 2.24) is 9.88 Å². The molecule has 1 aromatic heterocycles. The summed E-state index contributed by atoms with van der Waals surface area (Å²) in [4.78, 5) is 19.5. The number of halogens is 2. The maximum atomic E-state index is 12.8. The SMILES string of the molecule is Nc1c2c(nc3c(-c4cc(Cl)ccc4Cl)cccc13)CN(C1CC1)C2=O. The van der Waals surface area contributed by atoms with Crippen molar-refractivity contribution in [3.05, 3.63) is 57.7 Å². The first kappa shape index (κ1) is 15.9. The van der Waals surface area contributed by atoms with Crippen molar-refractivity contribution in [1.29, 1.82) is 0 Å². The van der Waals surface area contributed by atoms with Crippen LogP contribution in [0.1, 0.15) is 28.9 Å². The third-order valence-electron chi connectivity index (χ3n) is 5.13. The molecule has 26 heavy (non-hydrogen) atoms. The minimum absolute atomic E-state index is 0.000547. The molecule has 0 bridgehead atoms. The number of nitrogens with two attached hydrogens (primary N) is 1. The fraction of sp³-hybridized carbons (Fsp3) is 0.200. The van der Waals surface area contributed by atoms with Gasteiger partial charge in [0.25, 0.3) is 5.91 Å². The lowest BCUT2D eigenvalue weighted by Crippen LogP contribution is -2.26. The van der Waals surface area contributed by atoms with Gasteiger partial charge < -0.3 is 10.6 Å². The van der Waals surface area contributed by atoms with Gasteiger partial charge in [-0.05, 0) is 31.0 Å². The molecule has 2 heterocycles. The van der Waals surface area contributed by atoms with Crippen molar-refractivity contribution in [2.45, 2.75) is 25.4 Å². The first-order chi connectivity index (χ1) is 12.5. The standard InChI is InChI=1S/C20H15Cl2N3O/c21-10-4-7-15(22)14(8-10)12-2-1-3-13-18(23)17-16(24-19(12)13)9-25(20(17)26)11-5-6-11/h1-4,7-8,11H,5-6,9H2,(H2,23,24). The van der Waals surface area contributed by atoms with E-state index in [-0.39, 0.29) is 5.91 Å². The summed E-state index contributed by atoms with van der Waals surface area (Å²) >= 11 is 12.6. The van der Waals surface area contributed by atoms with Crippen LogP contribution < -0.4 is 5.73 Å². The molecule has 2 aromatic carbocycles. The van der Waals surface area contributed by atoms with Crippen LogP contribution in [-0.4, -0.2) is 21.8 Å². The Morgan fingerprint density at radius 3 is 2.69 bits per heavy atom. The van der Waals surface area contributed by atoms with Gasteiger partial charge in [0.05, 0.1) is 29.0 Å². The predicted octanol–water partition coefficient (Wildman–Crippen LogP) is 4.91. The Labute approximate surface area is 160 Å². The second kappa shape index (κ2) is 5.60. The van der Waals surface area contributed by atoms with Crippen molar-refractivity contribution >= 4 is 45.7 Å². The summed E-state index contributed by atoms with van der Waals surface area (Å²) in [6.07, 6.45) is 2.12. The third kappa shape index (κ3) is 2.29. The van der Waals surface area contributed by atoms with Crippen LogP contribution in [0.3, 0.4) is 0 Å². The second-order valence-corrected chi connectivity index (χ2v) is 7.68. The van der Waals surface area contributed by atoms with Crippen LogP contribution in [-0.2, 0) is 6.54 Å². The van der Waals surface area contributed by atoms with Gasteiger partial charge in [-0.25, -0.2) is 4.98 Å². The number of rotatable bonds is 2. The molecular formula is C20H15Cl2N3O. The molecular weight excluding hydrogens is 369 g/mol. The number of nitrogens with zero attached hydrogens (tertiary/aromatic N) is 2. The van der Waals surface area contributed by atoms with E-state index in [9.17, 15) is 4.79 Å². The molecule has 0 atom stereocenters. The highest BCUT2D eigenvalue weighted by atomic mass is 35.5. The van der Waals surface area contributed by atoms with Gasteiger partial charge in [0.2, 0.25) is 0 Å². The van der Waals surface area contributed by atoms with Crippen LogP contribution in [0.2, 0.25) is 10.0 Å². The lowest BCUT2D eigenvalue weighted by Gasteiger charge is -2.13. The number of carbonyl (C=O) groups excluding carboxylic acids is 1. The Kier molecular flexibility index (Phi) is 3.43. The molecule has 6 heteroatoms. The van der Waals surface area contributed by atoms with Crippen LogP contribution in [0.25, 0.3) is 22.0 Å². The fourth-order valence-electron chi connectivity index (χ4n) is 3.69. The van der Waals surface area contributed by atoms with Gasteiger partial charge in [-0.15, -0.1) is 0 Å². The third-order valence-corrected chi connectivity index (χ3v) is 5.70.